The minimum absolute atomic E-state index is 0.710. The summed E-state index contributed by atoms with van der Waals surface area (Å²) in [7, 11) is 0. The number of hydrogen-bond acceptors (Lipinski definition) is 3. The third-order valence-electron chi connectivity index (χ3n) is 5.20. The molecule has 2 saturated heterocycles. The standard InChI is InChI=1S/C17H35N3/c1-3-9-18-16(2)17-7-14-20(15-8-17)13-6-12-19-10-4-5-11-19/h16-18H,3-15H2,1-2H3. The first-order chi connectivity index (χ1) is 9.79. The quantitative estimate of drug-likeness (QED) is 0.738. The normalized spacial score (nSPS) is 24.3. The van der Waals surface area contributed by atoms with E-state index in [1.807, 2.05) is 0 Å². The van der Waals surface area contributed by atoms with Crippen molar-refractivity contribution in [1.29, 1.82) is 0 Å². The van der Waals surface area contributed by atoms with Gasteiger partial charge in [0.05, 0.1) is 0 Å². The smallest absolute Gasteiger partial charge is 0.00679 e. The number of nitrogens with one attached hydrogen (secondary N) is 1. The average Bonchev–Trinajstić information content (AvgIpc) is 2.99. The van der Waals surface area contributed by atoms with Crippen molar-refractivity contribution in [2.75, 3.05) is 45.8 Å². The van der Waals surface area contributed by atoms with Gasteiger partial charge in [0.1, 0.15) is 0 Å². The first kappa shape index (κ1) is 16.3. The number of likely N-dealkylation sites (tertiary alicyclic amines) is 2. The van der Waals surface area contributed by atoms with E-state index in [2.05, 4.69) is 29.0 Å². The zero-order valence-corrected chi connectivity index (χ0v) is 13.7. The van der Waals surface area contributed by atoms with Crippen LogP contribution in [0.3, 0.4) is 0 Å². The van der Waals surface area contributed by atoms with Gasteiger partial charge in [-0.1, -0.05) is 6.92 Å². The van der Waals surface area contributed by atoms with Crippen LogP contribution in [0.5, 0.6) is 0 Å². The predicted molar refractivity (Wildman–Crippen MR) is 87.2 cm³/mol. The Kier molecular flexibility index (Phi) is 7.32. The van der Waals surface area contributed by atoms with Crippen molar-refractivity contribution < 1.29 is 0 Å². The van der Waals surface area contributed by atoms with Crippen LogP contribution in [0.15, 0.2) is 0 Å². The molecule has 3 heteroatoms. The molecule has 0 amide bonds. The van der Waals surface area contributed by atoms with Crippen LogP contribution < -0.4 is 5.32 Å². The molecule has 1 unspecified atom stereocenters. The highest BCUT2D eigenvalue weighted by Crippen LogP contribution is 2.20. The Hall–Kier alpha value is -0.120. The van der Waals surface area contributed by atoms with Crippen molar-refractivity contribution in [3.05, 3.63) is 0 Å². The van der Waals surface area contributed by atoms with E-state index < -0.39 is 0 Å². The molecule has 0 radical (unpaired) electrons. The molecule has 0 aliphatic carbocycles. The van der Waals surface area contributed by atoms with Gasteiger partial charge < -0.3 is 15.1 Å². The molecule has 118 valence electrons. The van der Waals surface area contributed by atoms with Gasteiger partial charge in [-0.25, -0.2) is 0 Å². The molecule has 0 spiro atoms. The van der Waals surface area contributed by atoms with E-state index >= 15 is 0 Å². The lowest BCUT2D eigenvalue weighted by Crippen LogP contribution is -2.42. The molecule has 1 N–H and O–H groups in total. The molecule has 20 heavy (non-hydrogen) atoms. The van der Waals surface area contributed by atoms with Crippen molar-refractivity contribution in [1.82, 2.24) is 15.1 Å². The summed E-state index contributed by atoms with van der Waals surface area (Å²) in [5.74, 6) is 0.899. The van der Waals surface area contributed by atoms with E-state index in [1.165, 1.54) is 84.3 Å². The Balaban J connectivity index is 1.54. The minimum atomic E-state index is 0.710. The number of hydrogen-bond donors (Lipinski definition) is 1. The monoisotopic (exact) mass is 281 g/mol. The average molecular weight is 281 g/mol. The summed E-state index contributed by atoms with van der Waals surface area (Å²) < 4.78 is 0. The summed E-state index contributed by atoms with van der Waals surface area (Å²) in [6.07, 6.45) is 8.25. The van der Waals surface area contributed by atoms with Crippen LogP contribution in [-0.2, 0) is 0 Å². The summed E-state index contributed by atoms with van der Waals surface area (Å²) in [5, 5.41) is 3.67. The highest BCUT2D eigenvalue weighted by molar-refractivity contribution is 4.79. The van der Waals surface area contributed by atoms with Crippen molar-refractivity contribution in [3.63, 3.8) is 0 Å². The van der Waals surface area contributed by atoms with Gasteiger partial charge in [0, 0.05) is 6.04 Å². The van der Waals surface area contributed by atoms with Gasteiger partial charge in [0.2, 0.25) is 0 Å². The maximum Gasteiger partial charge on any atom is 0.00679 e. The van der Waals surface area contributed by atoms with E-state index in [0.717, 1.165) is 5.92 Å². The lowest BCUT2D eigenvalue weighted by atomic mass is 9.90. The van der Waals surface area contributed by atoms with E-state index in [-0.39, 0.29) is 0 Å². The second kappa shape index (κ2) is 9.01. The van der Waals surface area contributed by atoms with E-state index in [1.54, 1.807) is 0 Å². The van der Waals surface area contributed by atoms with Crippen LogP contribution in [0.25, 0.3) is 0 Å². The first-order valence-corrected chi connectivity index (χ1v) is 8.97. The zero-order chi connectivity index (χ0) is 14.2. The maximum atomic E-state index is 3.67. The maximum absolute atomic E-state index is 3.67. The third kappa shape index (κ3) is 5.34. The van der Waals surface area contributed by atoms with Gasteiger partial charge in [0.25, 0.3) is 0 Å². The summed E-state index contributed by atoms with van der Waals surface area (Å²) in [5.41, 5.74) is 0. The largest absolute Gasteiger partial charge is 0.314 e. The summed E-state index contributed by atoms with van der Waals surface area (Å²) in [6, 6.07) is 0.710. The summed E-state index contributed by atoms with van der Waals surface area (Å²) in [6.45, 7) is 13.8. The van der Waals surface area contributed by atoms with Gasteiger partial charge in [-0.15, -0.1) is 0 Å². The highest BCUT2D eigenvalue weighted by Gasteiger charge is 2.23. The Morgan fingerprint density at radius 1 is 1.00 bits per heavy atom. The van der Waals surface area contributed by atoms with Crippen LogP contribution in [0.1, 0.15) is 52.4 Å². The van der Waals surface area contributed by atoms with Gasteiger partial charge in [-0.2, -0.15) is 0 Å². The molecule has 0 bridgehead atoms. The lowest BCUT2D eigenvalue weighted by Gasteiger charge is -2.35. The highest BCUT2D eigenvalue weighted by atomic mass is 15.2. The molecular weight excluding hydrogens is 246 g/mol. The van der Waals surface area contributed by atoms with Crippen LogP contribution >= 0.6 is 0 Å². The van der Waals surface area contributed by atoms with Crippen molar-refractivity contribution >= 4 is 0 Å². The Labute approximate surface area is 126 Å². The number of piperidine rings is 1. The van der Waals surface area contributed by atoms with Gasteiger partial charge in [-0.3, -0.25) is 0 Å². The molecule has 0 saturated carbocycles. The summed E-state index contributed by atoms with van der Waals surface area (Å²) in [4.78, 5) is 5.34. The Morgan fingerprint density at radius 2 is 1.60 bits per heavy atom. The molecule has 2 aliphatic heterocycles. The fourth-order valence-electron chi connectivity index (χ4n) is 3.74. The number of nitrogens with zero attached hydrogens (tertiary/aromatic N) is 2. The molecule has 0 aromatic heterocycles. The molecule has 2 rings (SSSR count). The zero-order valence-electron chi connectivity index (χ0n) is 13.7. The minimum Gasteiger partial charge on any atom is -0.314 e. The van der Waals surface area contributed by atoms with Crippen LogP contribution in [-0.4, -0.2) is 61.7 Å². The van der Waals surface area contributed by atoms with Crippen LogP contribution in [0.2, 0.25) is 0 Å². The molecule has 2 heterocycles. The fourth-order valence-corrected chi connectivity index (χ4v) is 3.74. The molecule has 2 aliphatic rings. The lowest BCUT2D eigenvalue weighted by molar-refractivity contribution is 0.156. The van der Waals surface area contributed by atoms with Crippen molar-refractivity contribution in [3.8, 4) is 0 Å². The predicted octanol–water partition coefficient (Wildman–Crippen LogP) is 2.57. The second-order valence-corrected chi connectivity index (χ2v) is 6.82. The van der Waals surface area contributed by atoms with Crippen LogP contribution in [0, 0.1) is 5.92 Å². The van der Waals surface area contributed by atoms with E-state index in [4.69, 9.17) is 0 Å². The van der Waals surface area contributed by atoms with Gasteiger partial charge >= 0.3 is 0 Å². The van der Waals surface area contributed by atoms with Crippen LogP contribution in [0.4, 0.5) is 0 Å². The van der Waals surface area contributed by atoms with E-state index in [9.17, 15) is 0 Å². The molecular formula is C17H35N3. The summed E-state index contributed by atoms with van der Waals surface area (Å²) >= 11 is 0. The molecule has 3 nitrogen and oxygen atoms in total. The molecule has 0 aromatic rings. The van der Waals surface area contributed by atoms with Gasteiger partial charge in [0.15, 0.2) is 0 Å². The van der Waals surface area contributed by atoms with E-state index in [0.29, 0.717) is 6.04 Å². The number of rotatable bonds is 8. The Bertz CT molecular complexity index is 243. The Morgan fingerprint density at radius 3 is 2.20 bits per heavy atom. The fraction of sp³-hybridized carbons (Fsp3) is 1.00. The van der Waals surface area contributed by atoms with Crippen molar-refractivity contribution in [2.24, 2.45) is 5.92 Å². The second-order valence-electron chi connectivity index (χ2n) is 6.82. The first-order valence-electron chi connectivity index (χ1n) is 8.97. The SMILES string of the molecule is CCCNC(C)C1CCN(CCCN2CCCC2)CC1. The molecule has 0 aromatic carbocycles. The third-order valence-corrected chi connectivity index (χ3v) is 5.20. The topological polar surface area (TPSA) is 18.5 Å². The van der Waals surface area contributed by atoms with Crippen molar-refractivity contribution in [2.45, 2.75) is 58.4 Å². The molecule has 2 fully saturated rings. The molecule has 1 atom stereocenters. The van der Waals surface area contributed by atoms with Gasteiger partial charge in [-0.05, 0) is 97.2 Å².